The molecule has 1 aliphatic rings. The molecule has 4 nitrogen and oxygen atoms in total. The Morgan fingerprint density at radius 1 is 1.43 bits per heavy atom. The molecule has 0 aromatic heterocycles. The van der Waals surface area contributed by atoms with Crippen LogP contribution in [0.15, 0.2) is 29.3 Å². The standard InChI is InChI=1S/C17H27N3O/c1-5-18-16(20-10-9-17(2,3)13-20)19-12-14-7-6-8-15(11-14)21-4/h6-8,11H,5,9-10,12-13H2,1-4H3,(H,18,19). The van der Waals surface area contributed by atoms with Crippen LogP contribution in [0.4, 0.5) is 0 Å². The summed E-state index contributed by atoms with van der Waals surface area (Å²) >= 11 is 0. The van der Waals surface area contributed by atoms with Crippen LogP contribution in [0.1, 0.15) is 32.8 Å². The molecule has 0 spiro atoms. The minimum atomic E-state index is 0.381. The van der Waals surface area contributed by atoms with Crippen LogP contribution in [-0.4, -0.2) is 37.6 Å². The van der Waals surface area contributed by atoms with Crippen molar-refractivity contribution in [1.29, 1.82) is 0 Å². The highest BCUT2D eigenvalue weighted by Gasteiger charge is 2.30. The van der Waals surface area contributed by atoms with Crippen molar-refractivity contribution in [3.05, 3.63) is 29.8 Å². The first-order valence-corrected chi connectivity index (χ1v) is 7.70. The Balaban J connectivity index is 2.07. The molecule has 1 fully saturated rings. The lowest BCUT2D eigenvalue weighted by atomic mass is 9.93. The summed E-state index contributed by atoms with van der Waals surface area (Å²) in [5.41, 5.74) is 1.55. The molecule has 0 aliphatic carbocycles. The normalized spacial score (nSPS) is 17.9. The van der Waals surface area contributed by atoms with Gasteiger partial charge in [-0.25, -0.2) is 4.99 Å². The Morgan fingerprint density at radius 2 is 2.24 bits per heavy atom. The van der Waals surface area contributed by atoms with E-state index in [0.717, 1.165) is 31.3 Å². The first kappa shape index (κ1) is 15.7. The van der Waals surface area contributed by atoms with Crippen molar-refractivity contribution in [2.45, 2.75) is 33.7 Å². The zero-order valence-electron chi connectivity index (χ0n) is 13.6. The number of hydrogen-bond donors (Lipinski definition) is 1. The minimum Gasteiger partial charge on any atom is -0.497 e. The van der Waals surface area contributed by atoms with Crippen molar-refractivity contribution < 1.29 is 4.74 Å². The Labute approximate surface area is 128 Å². The zero-order valence-corrected chi connectivity index (χ0v) is 13.6. The second-order valence-electron chi connectivity index (χ2n) is 6.36. The number of nitrogens with zero attached hydrogens (tertiary/aromatic N) is 2. The molecule has 0 atom stereocenters. The van der Waals surface area contributed by atoms with Gasteiger partial charge in [0.25, 0.3) is 0 Å². The predicted octanol–water partition coefficient (Wildman–Crippen LogP) is 2.89. The summed E-state index contributed by atoms with van der Waals surface area (Å²) in [7, 11) is 1.69. The number of nitrogens with one attached hydrogen (secondary N) is 1. The van der Waals surface area contributed by atoms with E-state index >= 15 is 0 Å². The maximum absolute atomic E-state index is 5.26. The molecule has 1 aliphatic heterocycles. The number of methoxy groups -OCH3 is 1. The average molecular weight is 289 g/mol. The van der Waals surface area contributed by atoms with Crippen LogP contribution in [0.2, 0.25) is 0 Å². The largest absolute Gasteiger partial charge is 0.497 e. The fourth-order valence-corrected chi connectivity index (χ4v) is 2.66. The SMILES string of the molecule is CCNC(=NCc1cccc(OC)c1)N1CCC(C)(C)C1. The van der Waals surface area contributed by atoms with Crippen molar-refractivity contribution in [2.24, 2.45) is 10.4 Å². The van der Waals surface area contributed by atoms with Crippen LogP contribution >= 0.6 is 0 Å². The van der Waals surface area contributed by atoms with Gasteiger partial charge >= 0.3 is 0 Å². The van der Waals surface area contributed by atoms with Crippen LogP contribution in [0.25, 0.3) is 0 Å². The smallest absolute Gasteiger partial charge is 0.194 e. The second-order valence-corrected chi connectivity index (χ2v) is 6.36. The topological polar surface area (TPSA) is 36.9 Å². The molecule has 1 aromatic carbocycles. The molecule has 0 bridgehead atoms. The third kappa shape index (κ3) is 4.38. The van der Waals surface area contributed by atoms with Gasteiger partial charge in [-0.3, -0.25) is 0 Å². The van der Waals surface area contributed by atoms with E-state index in [9.17, 15) is 0 Å². The van der Waals surface area contributed by atoms with Gasteiger partial charge in [0.1, 0.15) is 5.75 Å². The van der Waals surface area contributed by atoms with Gasteiger partial charge in [0, 0.05) is 19.6 Å². The third-order valence-electron chi connectivity index (χ3n) is 3.86. The van der Waals surface area contributed by atoms with Gasteiger partial charge in [0.2, 0.25) is 0 Å². The first-order chi connectivity index (χ1) is 10.0. The summed E-state index contributed by atoms with van der Waals surface area (Å²) in [6, 6.07) is 8.10. The molecule has 1 heterocycles. The number of likely N-dealkylation sites (tertiary alicyclic amines) is 1. The van der Waals surface area contributed by atoms with E-state index in [0.29, 0.717) is 12.0 Å². The molecular weight excluding hydrogens is 262 g/mol. The number of aliphatic imine (C=N–C) groups is 1. The highest BCUT2D eigenvalue weighted by molar-refractivity contribution is 5.80. The lowest BCUT2D eigenvalue weighted by Crippen LogP contribution is -2.40. The number of benzene rings is 1. The molecule has 21 heavy (non-hydrogen) atoms. The molecule has 0 amide bonds. The van der Waals surface area contributed by atoms with Crippen LogP contribution in [0, 0.1) is 5.41 Å². The number of rotatable bonds is 4. The van der Waals surface area contributed by atoms with Gasteiger partial charge in [-0.15, -0.1) is 0 Å². The summed E-state index contributed by atoms with van der Waals surface area (Å²) in [5, 5.41) is 3.41. The van der Waals surface area contributed by atoms with E-state index in [1.54, 1.807) is 7.11 Å². The van der Waals surface area contributed by atoms with Crippen LogP contribution in [0.5, 0.6) is 5.75 Å². The quantitative estimate of drug-likeness (QED) is 0.684. The fraction of sp³-hybridized carbons (Fsp3) is 0.588. The average Bonchev–Trinajstić information content (AvgIpc) is 2.83. The Kier molecular flexibility index (Phi) is 5.10. The van der Waals surface area contributed by atoms with Crippen molar-refractivity contribution in [3.8, 4) is 5.75 Å². The lowest BCUT2D eigenvalue weighted by Gasteiger charge is -2.23. The summed E-state index contributed by atoms with van der Waals surface area (Å²) < 4.78 is 5.26. The van der Waals surface area contributed by atoms with Crippen LogP contribution in [0.3, 0.4) is 0 Å². The van der Waals surface area contributed by atoms with E-state index in [1.807, 2.05) is 18.2 Å². The fourth-order valence-electron chi connectivity index (χ4n) is 2.66. The minimum absolute atomic E-state index is 0.381. The lowest BCUT2D eigenvalue weighted by molar-refractivity contribution is 0.370. The summed E-state index contributed by atoms with van der Waals surface area (Å²) in [6.45, 7) is 10.5. The molecule has 2 rings (SSSR count). The van der Waals surface area contributed by atoms with Crippen LogP contribution in [-0.2, 0) is 6.54 Å². The first-order valence-electron chi connectivity index (χ1n) is 7.70. The van der Waals surface area contributed by atoms with E-state index in [2.05, 4.69) is 37.1 Å². The highest BCUT2D eigenvalue weighted by Crippen LogP contribution is 2.28. The maximum atomic E-state index is 5.26. The molecule has 1 N–H and O–H groups in total. The third-order valence-corrected chi connectivity index (χ3v) is 3.86. The summed E-state index contributed by atoms with van der Waals surface area (Å²) in [5.74, 6) is 1.90. The summed E-state index contributed by atoms with van der Waals surface area (Å²) in [4.78, 5) is 7.15. The number of hydrogen-bond acceptors (Lipinski definition) is 2. The Morgan fingerprint density at radius 3 is 2.86 bits per heavy atom. The van der Waals surface area contributed by atoms with Gasteiger partial charge in [-0.2, -0.15) is 0 Å². The second kappa shape index (κ2) is 6.83. The highest BCUT2D eigenvalue weighted by atomic mass is 16.5. The molecule has 1 saturated heterocycles. The molecule has 0 unspecified atom stereocenters. The van der Waals surface area contributed by atoms with Gasteiger partial charge in [-0.05, 0) is 36.5 Å². The van der Waals surface area contributed by atoms with Gasteiger partial charge in [0.05, 0.1) is 13.7 Å². The van der Waals surface area contributed by atoms with Crippen molar-refractivity contribution in [2.75, 3.05) is 26.7 Å². The van der Waals surface area contributed by atoms with Gasteiger partial charge in [-0.1, -0.05) is 26.0 Å². The van der Waals surface area contributed by atoms with E-state index in [4.69, 9.17) is 9.73 Å². The number of ether oxygens (including phenoxy) is 1. The van der Waals surface area contributed by atoms with Crippen LogP contribution < -0.4 is 10.1 Å². The van der Waals surface area contributed by atoms with Gasteiger partial charge < -0.3 is 15.0 Å². The molecule has 1 aromatic rings. The molecule has 0 radical (unpaired) electrons. The van der Waals surface area contributed by atoms with E-state index in [-0.39, 0.29) is 0 Å². The van der Waals surface area contributed by atoms with Crippen molar-refractivity contribution in [3.63, 3.8) is 0 Å². The molecule has 4 heteroatoms. The molecule has 0 saturated carbocycles. The van der Waals surface area contributed by atoms with Crippen molar-refractivity contribution >= 4 is 5.96 Å². The number of guanidine groups is 1. The predicted molar refractivity (Wildman–Crippen MR) is 87.8 cm³/mol. The van der Waals surface area contributed by atoms with E-state index in [1.165, 1.54) is 12.0 Å². The summed E-state index contributed by atoms with van der Waals surface area (Å²) in [6.07, 6.45) is 1.22. The van der Waals surface area contributed by atoms with Crippen molar-refractivity contribution in [1.82, 2.24) is 10.2 Å². The molecular formula is C17H27N3O. The Hall–Kier alpha value is -1.71. The van der Waals surface area contributed by atoms with E-state index < -0.39 is 0 Å². The maximum Gasteiger partial charge on any atom is 0.194 e. The monoisotopic (exact) mass is 289 g/mol. The Bertz CT molecular complexity index is 497. The van der Waals surface area contributed by atoms with Gasteiger partial charge in [0.15, 0.2) is 5.96 Å². The zero-order chi connectivity index (χ0) is 15.3. The molecule has 116 valence electrons.